The lowest BCUT2D eigenvalue weighted by molar-refractivity contribution is 0.0754. The summed E-state index contributed by atoms with van der Waals surface area (Å²) in [5.41, 5.74) is 0.0164. The molecule has 1 heterocycles. The highest BCUT2D eigenvalue weighted by atomic mass is 15.2. The molecule has 0 aromatic rings. The Hall–Kier alpha value is -0.550. The minimum absolute atomic E-state index is 0.0164. The molecule has 150 valence electrons. The molecule has 0 atom stereocenters. The van der Waals surface area contributed by atoms with Crippen LogP contribution in [-0.2, 0) is 0 Å². The zero-order chi connectivity index (χ0) is 18.7. The summed E-state index contributed by atoms with van der Waals surface area (Å²) >= 11 is 0. The van der Waals surface area contributed by atoms with Crippen LogP contribution in [0.15, 0.2) is 0 Å². The van der Waals surface area contributed by atoms with Gasteiger partial charge in [0.2, 0.25) is 0 Å². The van der Waals surface area contributed by atoms with Crippen molar-refractivity contribution in [3.63, 3.8) is 0 Å². The van der Waals surface area contributed by atoms with Gasteiger partial charge in [0, 0.05) is 6.04 Å². The van der Waals surface area contributed by atoms with E-state index in [2.05, 4.69) is 24.8 Å². The average molecular weight is 361 g/mol. The lowest BCUT2D eigenvalue weighted by atomic mass is 9.70. The lowest BCUT2D eigenvalue weighted by Gasteiger charge is -2.43. The Morgan fingerprint density at radius 3 is 2.08 bits per heavy atom. The van der Waals surface area contributed by atoms with E-state index in [1.165, 1.54) is 96.6 Å². The van der Waals surface area contributed by atoms with Crippen molar-refractivity contribution in [3.8, 4) is 6.07 Å². The summed E-state index contributed by atoms with van der Waals surface area (Å²) in [6, 6.07) is 3.50. The molecule has 0 unspecified atom stereocenters. The zero-order valence-electron chi connectivity index (χ0n) is 17.8. The largest absolute Gasteiger partial charge is 0.300 e. The first-order valence-electron chi connectivity index (χ1n) is 11.9. The second-order valence-corrected chi connectivity index (χ2v) is 9.26. The average Bonchev–Trinajstić information content (AvgIpc) is 2.69. The number of nitrogens with zero attached hydrogens (tertiary/aromatic N) is 2. The first-order chi connectivity index (χ1) is 12.7. The van der Waals surface area contributed by atoms with Crippen LogP contribution in [0.2, 0.25) is 0 Å². The van der Waals surface area contributed by atoms with E-state index in [0.29, 0.717) is 0 Å². The quantitative estimate of drug-likeness (QED) is 0.368. The van der Waals surface area contributed by atoms with Crippen LogP contribution < -0.4 is 0 Å². The van der Waals surface area contributed by atoms with Crippen molar-refractivity contribution in [2.45, 2.75) is 123 Å². The fourth-order valence-corrected chi connectivity index (χ4v) is 5.29. The minimum Gasteiger partial charge on any atom is -0.300 e. The number of piperidine rings is 1. The summed E-state index contributed by atoms with van der Waals surface area (Å²) in [7, 11) is 0. The van der Waals surface area contributed by atoms with Crippen molar-refractivity contribution in [1.82, 2.24) is 4.90 Å². The van der Waals surface area contributed by atoms with E-state index in [1.807, 2.05) is 0 Å². The number of hydrogen-bond acceptors (Lipinski definition) is 2. The molecule has 0 spiro atoms. The molecule has 0 aromatic heterocycles. The van der Waals surface area contributed by atoms with E-state index in [4.69, 9.17) is 0 Å². The van der Waals surface area contributed by atoms with Crippen LogP contribution >= 0.6 is 0 Å². The maximum Gasteiger partial charge on any atom is 0.0689 e. The Morgan fingerprint density at radius 2 is 1.46 bits per heavy atom. The van der Waals surface area contributed by atoms with Crippen LogP contribution in [0.3, 0.4) is 0 Å². The molecule has 2 fully saturated rings. The van der Waals surface area contributed by atoms with Gasteiger partial charge in [-0.2, -0.15) is 5.26 Å². The van der Waals surface area contributed by atoms with Gasteiger partial charge in [-0.25, -0.2) is 0 Å². The lowest BCUT2D eigenvalue weighted by Crippen LogP contribution is -2.44. The Bertz CT molecular complexity index is 395. The van der Waals surface area contributed by atoms with E-state index < -0.39 is 0 Å². The molecule has 1 aliphatic carbocycles. The number of hydrogen-bond donors (Lipinski definition) is 0. The second-order valence-electron chi connectivity index (χ2n) is 9.26. The maximum atomic E-state index is 9.74. The second kappa shape index (κ2) is 12.0. The third kappa shape index (κ3) is 6.88. The van der Waals surface area contributed by atoms with E-state index in [1.54, 1.807) is 0 Å². The number of nitriles is 1. The molecular weight excluding hydrogens is 316 g/mol. The van der Waals surface area contributed by atoms with Gasteiger partial charge >= 0.3 is 0 Å². The monoisotopic (exact) mass is 360 g/mol. The van der Waals surface area contributed by atoms with Gasteiger partial charge < -0.3 is 4.90 Å². The standard InChI is InChI=1S/C24H44N2/c1-3-5-7-8-9-11-22-14-19-26(20-15-22)23-12-17-24(21-25,18-13-23)16-10-6-4-2/h22-23H,3-20H2,1-2H3/t23-,24-. The molecule has 1 saturated carbocycles. The highest BCUT2D eigenvalue weighted by molar-refractivity contribution is 5.03. The van der Waals surface area contributed by atoms with Gasteiger partial charge in [-0.15, -0.1) is 0 Å². The third-order valence-electron chi connectivity index (χ3n) is 7.29. The Kier molecular flexibility index (Phi) is 10.1. The molecule has 2 nitrogen and oxygen atoms in total. The summed E-state index contributed by atoms with van der Waals surface area (Å²) in [5, 5.41) is 9.74. The summed E-state index contributed by atoms with van der Waals surface area (Å²) in [6.07, 6.45) is 21.2. The number of likely N-dealkylation sites (tertiary alicyclic amines) is 1. The topological polar surface area (TPSA) is 27.0 Å². The van der Waals surface area contributed by atoms with Gasteiger partial charge in [0.1, 0.15) is 0 Å². The molecule has 1 aliphatic heterocycles. The minimum atomic E-state index is 0.0164. The summed E-state index contributed by atoms with van der Waals surface area (Å²) in [6.45, 7) is 7.19. The van der Waals surface area contributed by atoms with Crippen LogP contribution in [0.25, 0.3) is 0 Å². The smallest absolute Gasteiger partial charge is 0.0689 e. The van der Waals surface area contributed by atoms with Crippen LogP contribution in [-0.4, -0.2) is 24.0 Å². The zero-order valence-corrected chi connectivity index (χ0v) is 17.8. The van der Waals surface area contributed by atoms with Gasteiger partial charge in [-0.1, -0.05) is 71.6 Å². The van der Waals surface area contributed by atoms with Crippen molar-refractivity contribution in [3.05, 3.63) is 0 Å². The van der Waals surface area contributed by atoms with Crippen LogP contribution in [0.4, 0.5) is 0 Å². The Morgan fingerprint density at radius 1 is 0.846 bits per heavy atom. The summed E-state index contributed by atoms with van der Waals surface area (Å²) < 4.78 is 0. The molecule has 0 aromatic carbocycles. The fourth-order valence-electron chi connectivity index (χ4n) is 5.29. The Labute approximate surface area is 163 Å². The van der Waals surface area contributed by atoms with Gasteiger partial charge in [-0.3, -0.25) is 0 Å². The molecular formula is C24H44N2. The molecule has 26 heavy (non-hydrogen) atoms. The predicted octanol–water partition coefficient (Wildman–Crippen LogP) is 7.09. The summed E-state index contributed by atoms with van der Waals surface area (Å²) in [4.78, 5) is 2.78. The third-order valence-corrected chi connectivity index (χ3v) is 7.29. The molecule has 1 saturated heterocycles. The van der Waals surface area contributed by atoms with E-state index >= 15 is 0 Å². The molecule has 0 radical (unpaired) electrons. The maximum absolute atomic E-state index is 9.74. The van der Waals surface area contributed by atoms with E-state index in [0.717, 1.165) is 31.2 Å². The first-order valence-corrected chi connectivity index (χ1v) is 11.9. The molecule has 0 N–H and O–H groups in total. The van der Waals surface area contributed by atoms with Crippen LogP contribution in [0.1, 0.15) is 117 Å². The first kappa shape index (κ1) is 21.7. The van der Waals surface area contributed by atoms with Crippen molar-refractivity contribution < 1.29 is 0 Å². The van der Waals surface area contributed by atoms with E-state index in [9.17, 15) is 5.26 Å². The van der Waals surface area contributed by atoms with Crippen LogP contribution in [0, 0.1) is 22.7 Å². The molecule has 0 amide bonds. The fraction of sp³-hybridized carbons (Fsp3) is 0.958. The van der Waals surface area contributed by atoms with Gasteiger partial charge in [-0.05, 0) is 64.0 Å². The molecule has 2 aliphatic rings. The summed E-state index contributed by atoms with van der Waals surface area (Å²) in [5.74, 6) is 0.990. The van der Waals surface area contributed by atoms with Crippen molar-refractivity contribution >= 4 is 0 Å². The van der Waals surface area contributed by atoms with Gasteiger partial charge in [0.05, 0.1) is 11.5 Å². The predicted molar refractivity (Wildman–Crippen MR) is 112 cm³/mol. The van der Waals surface area contributed by atoms with E-state index in [-0.39, 0.29) is 5.41 Å². The Balaban J connectivity index is 1.64. The molecule has 2 rings (SSSR count). The molecule has 0 bridgehead atoms. The molecule has 2 heteroatoms. The van der Waals surface area contributed by atoms with Crippen LogP contribution in [0.5, 0.6) is 0 Å². The van der Waals surface area contributed by atoms with Gasteiger partial charge in [0.15, 0.2) is 0 Å². The highest BCUT2D eigenvalue weighted by Gasteiger charge is 2.37. The van der Waals surface area contributed by atoms with Crippen molar-refractivity contribution in [2.24, 2.45) is 11.3 Å². The van der Waals surface area contributed by atoms with Crippen molar-refractivity contribution in [2.75, 3.05) is 13.1 Å². The highest BCUT2D eigenvalue weighted by Crippen LogP contribution is 2.42. The van der Waals surface area contributed by atoms with Crippen molar-refractivity contribution in [1.29, 1.82) is 5.26 Å². The normalized spacial score (nSPS) is 28.1. The number of rotatable bonds is 11. The van der Waals surface area contributed by atoms with Gasteiger partial charge in [0.25, 0.3) is 0 Å². The number of unbranched alkanes of at least 4 members (excludes halogenated alkanes) is 6. The SMILES string of the molecule is CCCCCCCC1CCN([C@H]2CC[C@@](C#N)(CCCCC)CC2)CC1.